The Morgan fingerprint density at radius 3 is 1.52 bits per heavy atom. The Hall–Kier alpha value is -1.85. The van der Waals surface area contributed by atoms with Crippen molar-refractivity contribution in [1.29, 1.82) is 0 Å². The normalized spacial score (nSPS) is 36.7. The highest BCUT2D eigenvalue weighted by atomic mass is 28.4. The van der Waals surface area contributed by atoms with E-state index in [1.807, 2.05) is 50.5 Å². The fourth-order valence-electron chi connectivity index (χ4n) is 5.89. The molecule has 4 rings (SSSR count). The molecule has 0 N–H and O–H groups in total. The zero-order valence-corrected chi connectivity index (χ0v) is 19.2. The number of cyclic esters (lactones) is 4. The molecule has 0 bridgehead atoms. The summed E-state index contributed by atoms with van der Waals surface area (Å²) in [6.07, 6.45) is 9.33. The summed E-state index contributed by atoms with van der Waals surface area (Å²) in [5.74, 6) is -3.11. The molecular weight excluding hydrogens is 408 g/mol. The molecule has 29 heavy (non-hydrogen) atoms. The molecule has 0 aromatic rings. The summed E-state index contributed by atoms with van der Waals surface area (Å²) < 4.78 is 17.0. The minimum Gasteiger partial charge on any atom is -0.454 e. The summed E-state index contributed by atoms with van der Waals surface area (Å²) in [6.45, 7) is 7.72. The number of fused-ring (bicyclic) bond motifs is 2. The molecule has 4 aliphatic rings. The monoisotopic (exact) mass is 434 g/mol. The summed E-state index contributed by atoms with van der Waals surface area (Å²) in [5.41, 5.74) is 0. The van der Waals surface area contributed by atoms with E-state index in [4.69, 9.17) is 13.6 Å². The maximum absolute atomic E-state index is 12.9. The lowest BCUT2D eigenvalue weighted by Crippen LogP contribution is -2.62. The van der Waals surface area contributed by atoms with E-state index in [9.17, 15) is 19.2 Å². The molecule has 2 heterocycles. The van der Waals surface area contributed by atoms with Crippen LogP contribution in [0.3, 0.4) is 0 Å². The first-order valence-electron chi connectivity index (χ1n) is 10.0. The van der Waals surface area contributed by atoms with E-state index in [0.29, 0.717) is 25.7 Å². The average Bonchev–Trinajstić information content (AvgIpc) is 3.08. The van der Waals surface area contributed by atoms with Crippen LogP contribution >= 0.6 is 0 Å². The van der Waals surface area contributed by atoms with Gasteiger partial charge < -0.3 is 13.6 Å². The van der Waals surface area contributed by atoms with Gasteiger partial charge in [0, 0.05) is 0 Å². The largest absolute Gasteiger partial charge is 0.454 e. The number of rotatable bonds is 4. The van der Waals surface area contributed by atoms with Gasteiger partial charge in [0.25, 0.3) is 0 Å². The molecule has 2 fully saturated rings. The Balaban J connectivity index is 1.76. The molecule has 0 spiro atoms. The molecule has 0 saturated carbocycles. The van der Waals surface area contributed by atoms with Crippen LogP contribution in [0.1, 0.15) is 25.7 Å². The van der Waals surface area contributed by atoms with Crippen molar-refractivity contribution in [2.75, 3.05) is 0 Å². The van der Waals surface area contributed by atoms with Crippen molar-refractivity contribution in [3.63, 3.8) is 0 Å². The van der Waals surface area contributed by atoms with E-state index in [2.05, 4.69) is 0 Å². The lowest BCUT2D eigenvalue weighted by Gasteiger charge is -2.51. The molecule has 0 aromatic heterocycles. The molecule has 9 heteroatoms. The van der Waals surface area contributed by atoms with Gasteiger partial charge in [0.1, 0.15) is 10.1 Å². The molecule has 2 aliphatic carbocycles. The van der Waals surface area contributed by atoms with Crippen LogP contribution in [0.2, 0.25) is 36.3 Å². The van der Waals surface area contributed by atoms with Crippen LogP contribution in [0.25, 0.3) is 0 Å². The predicted octanol–water partition coefficient (Wildman–Crippen LogP) is 2.99. The summed E-state index contributed by atoms with van der Waals surface area (Å²) in [7, 11) is -5.84. The van der Waals surface area contributed by atoms with Gasteiger partial charge in [0.05, 0.1) is 11.8 Å². The Morgan fingerprint density at radius 1 is 0.759 bits per heavy atom. The topological polar surface area (TPSA) is 96.0 Å². The van der Waals surface area contributed by atoms with Gasteiger partial charge in [-0.1, -0.05) is 24.3 Å². The molecule has 4 atom stereocenters. The van der Waals surface area contributed by atoms with Crippen LogP contribution in [0.5, 0.6) is 0 Å². The van der Waals surface area contributed by atoms with Crippen LogP contribution in [0.4, 0.5) is 0 Å². The quantitative estimate of drug-likeness (QED) is 0.290. The number of allylic oxidation sites excluding steroid dienone is 4. The van der Waals surface area contributed by atoms with E-state index in [-0.39, 0.29) is 0 Å². The molecule has 0 aromatic carbocycles. The fourth-order valence-corrected chi connectivity index (χ4v) is 16.9. The van der Waals surface area contributed by atoms with Crippen LogP contribution in [0.15, 0.2) is 24.3 Å². The lowest BCUT2D eigenvalue weighted by atomic mass is 9.84. The number of esters is 4. The first kappa shape index (κ1) is 20.4. The number of hydrogen-bond acceptors (Lipinski definition) is 7. The van der Waals surface area contributed by atoms with Crippen molar-refractivity contribution in [3.8, 4) is 0 Å². The third-order valence-electron chi connectivity index (χ3n) is 7.49. The van der Waals surface area contributed by atoms with Gasteiger partial charge in [-0.2, -0.15) is 0 Å². The second-order valence-electron chi connectivity index (χ2n) is 9.41. The summed E-state index contributed by atoms with van der Waals surface area (Å²) >= 11 is 0. The SMILES string of the molecule is C[Si](C)(O[Si](C)(C)C12CC=CCC1C(=O)OC2=O)C12CC=CCC1C(=O)OC2=O. The third-order valence-corrected chi connectivity index (χ3v) is 17.4. The number of ether oxygens (including phenoxy) is 2. The van der Waals surface area contributed by atoms with Crippen LogP contribution in [-0.2, 0) is 32.8 Å². The van der Waals surface area contributed by atoms with Gasteiger partial charge in [0.2, 0.25) is 0 Å². The predicted molar refractivity (Wildman–Crippen MR) is 107 cm³/mol. The third kappa shape index (κ3) is 2.50. The summed E-state index contributed by atoms with van der Waals surface area (Å²) in [6, 6.07) is 0. The second kappa shape index (κ2) is 6.32. The minimum absolute atomic E-state index is 0.394. The molecule has 156 valence electrons. The van der Waals surface area contributed by atoms with E-state index < -0.39 is 62.4 Å². The Bertz CT molecular complexity index is 804. The van der Waals surface area contributed by atoms with Gasteiger partial charge >= 0.3 is 23.9 Å². The Kier molecular flexibility index (Phi) is 4.45. The Morgan fingerprint density at radius 2 is 1.14 bits per heavy atom. The Labute approximate surface area is 171 Å². The first-order chi connectivity index (χ1) is 13.5. The molecule has 4 unspecified atom stereocenters. The number of carbonyl (C=O) groups excluding carboxylic acids is 4. The van der Waals surface area contributed by atoms with Crippen molar-refractivity contribution >= 4 is 40.5 Å². The van der Waals surface area contributed by atoms with Gasteiger partial charge in [-0.3, -0.25) is 19.2 Å². The zero-order chi connectivity index (χ0) is 21.2. The number of hydrogen-bond donors (Lipinski definition) is 0. The summed E-state index contributed by atoms with van der Waals surface area (Å²) in [5, 5.41) is -2.02. The smallest absolute Gasteiger partial charge is 0.320 e. The molecule has 0 amide bonds. The average molecular weight is 435 g/mol. The second-order valence-corrected chi connectivity index (χ2v) is 18.1. The molecular formula is C20H26O7Si2. The minimum atomic E-state index is -2.92. The van der Waals surface area contributed by atoms with Gasteiger partial charge in [-0.05, 0) is 51.9 Å². The van der Waals surface area contributed by atoms with E-state index in [1.54, 1.807) is 0 Å². The van der Waals surface area contributed by atoms with Crippen molar-refractivity contribution in [2.24, 2.45) is 11.8 Å². The molecule has 2 aliphatic heterocycles. The molecule has 2 saturated heterocycles. The van der Waals surface area contributed by atoms with Crippen LogP contribution in [0, 0.1) is 11.8 Å². The number of carbonyl (C=O) groups is 4. The lowest BCUT2D eigenvalue weighted by molar-refractivity contribution is -0.155. The van der Waals surface area contributed by atoms with Crippen molar-refractivity contribution in [3.05, 3.63) is 24.3 Å². The van der Waals surface area contributed by atoms with Crippen molar-refractivity contribution in [1.82, 2.24) is 0 Å². The van der Waals surface area contributed by atoms with Gasteiger partial charge in [-0.15, -0.1) is 0 Å². The fraction of sp³-hybridized carbons (Fsp3) is 0.600. The van der Waals surface area contributed by atoms with Crippen molar-refractivity contribution in [2.45, 2.75) is 61.9 Å². The van der Waals surface area contributed by atoms with Gasteiger partial charge in [-0.25, -0.2) is 0 Å². The molecule has 7 nitrogen and oxygen atoms in total. The highest BCUT2D eigenvalue weighted by molar-refractivity contribution is 6.91. The highest BCUT2D eigenvalue weighted by Crippen LogP contribution is 2.62. The van der Waals surface area contributed by atoms with Crippen LogP contribution < -0.4 is 0 Å². The first-order valence-corrected chi connectivity index (χ1v) is 15.8. The van der Waals surface area contributed by atoms with E-state index in [0.717, 1.165) is 0 Å². The maximum atomic E-state index is 12.9. The zero-order valence-electron chi connectivity index (χ0n) is 17.2. The van der Waals surface area contributed by atoms with E-state index >= 15 is 0 Å². The van der Waals surface area contributed by atoms with Crippen LogP contribution in [-0.4, -0.2) is 40.5 Å². The standard InChI is InChI=1S/C20H26O7Si2/c1-28(2,19-11-7-5-9-13(19)15(21)25-17(19)23)27-29(3,4)20-12-8-6-10-14(20)16(22)26-18(20)24/h5-8,13-14H,9-12H2,1-4H3. The highest BCUT2D eigenvalue weighted by Gasteiger charge is 2.72. The maximum Gasteiger partial charge on any atom is 0.320 e. The van der Waals surface area contributed by atoms with Gasteiger partial charge in [0.15, 0.2) is 16.6 Å². The summed E-state index contributed by atoms with van der Waals surface area (Å²) in [4.78, 5) is 50.6. The van der Waals surface area contributed by atoms with Crippen molar-refractivity contribution < 1.29 is 32.8 Å². The van der Waals surface area contributed by atoms with E-state index in [1.165, 1.54) is 0 Å². The molecule has 0 radical (unpaired) electrons.